The van der Waals surface area contributed by atoms with Gasteiger partial charge in [-0.15, -0.1) is 0 Å². The zero-order valence-corrected chi connectivity index (χ0v) is 15.7. The van der Waals surface area contributed by atoms with Gasteiger partial charge in [0.1, 0.15) is 0 Å². The molecular formula is C19H29N3O3. The maximum Gasteiger partial charge on any atom is 0.311 e. The van der Waals surface area contributed by atoms with Crippen LogP contribution in [0.5, 0.6) is 0 Å². The van der Waals surface area contributed by atoms with Gasteiger partial charge in [0.15, 0.2) is 0 Å². The highest BCUT2D eigenvalue weighted by Gasteiger charge is 2.49. The molecule has 138 valence electrons. The molecule has 1 aliphatic heterocycles. The van der Waals surface area contributed by atoms with Gasteiger partial charge in [0.05, 0.1) is 22.9 Å². The van der Waals surface area contributed by atoms with Crippen LogP contribution in [0.1, 0.15) is 68.9 Å². The molecule has 2 aliphatic rings. The molecule has 1 amide bonds. The number of aliphatic carboxylic acids is 1. The fourth-order valence-electron chi connectivity index (χ4n) is 3.91. The predicted molar refractivity (Wildman–Crippen MR) is 94.5 cm³/mol. The van der Waals surface area contributed by atoms with Crippen LogP contribution in [0.3, 0.4) is 0 Å². The molecule has 6 nitrogen and oxygen atoms in total. The molecule has 1 saturated heterocycles. The number of carbonyl (C=O) groups excluding carboxylic acids is 1. The molecule has 2 heterocycles. The highest BCUT2D eigenvalue weighted by atomic mass is 16.4. The molecule has 3 rings (SSSR count). The summed E-state index contributed by atoms with van der Waals surface area (Å²) in [5, 5.41) is 14.2. The summed E-state index contributed by atoms with van der Waals surface area (Å²) in [7, 11) is 0. The maximum atomic E-state index is 13.1. The van der Waals surface area contributed by atoms with Gasteiger partial charge >= 0.3 is 5.97 Å². The van der Waals surface area contributed by atoms with Crippen LogP contribution >= 0.6 is 0 Å². The van der Waals surface area contributed by atoms with Gasteiger partial charge in [-0.25, -0.2) is 0 Å². The predicted octanol–water partition coefficient (Wildman–Crippen LogP) is 2.99. The van der Waals surface area contributed by atoms with E-state index in [1.165, 1.54) is 0 Å². The van der Waals surface area contributed by atoms with E-state index in [0.717, 1.165) is 25.1 Å². The highest BCUT2D eigenvalue weighted by Crippen LogP contribution is 2.43. The monoisotopic (exact) mass is 347 g/mol. The third-order valence-electron chi connectivity index (χ3n) is 5.73. The summed E-state index contributed by atoms with van der Waals surface area (Å²) in [4.78, 5) is 26.7. The number of hydrogen-bond acceptors (Lipinski definition) is 3. The number of aromatic nitrogens is 2. The molecule has 1 aliphatic carbocycles. The molecule has 0 radical (unpaired) electrons. The molecule has 6 heteroatoms. The van der Waals surface area contributed by atoms with Crippen molar-refractivity contribution in [1.82, 2.24) is 14.7 Å². The first-order valence-corrected chi connectivity index (χ1v) is 9.34. The molecule has 1 aromatic heterocycles. The Morgan fingerprint density at radius 3 is 2.48 bits per heavy atom. The molecule has 0 aromatic carbocycles. The van der Waals surface area contributed by atoms with Crippen LogP contribution in [0.2, 0.25) is 0 Å². The zero-order valence-electron chi connectivity index (χ0n) is 15.7. The first-order chi connectivity index (χ1) is 11.8. The maximum absolute atomic E-state index is 13.1. The SMILES string of the molecule is CC(C)Cn1ncc(C(=O)N2CCC(C(=O)O)(C(C)C)C2)c1C1CC1. The van der Waals surface area contributed by atoms with Crippen LogP contribution in [0.4, 0.5) is 0 Å². The van der Waals surface area contributed by atoms with Crippen molar-refractivity contribution in [3.05, 3.63) is 17.5 Å². The Morgan fingerprint density at radius 2 is 2.00 bits per heavy atom. The van der Waals surface area contributed by atoms with Crippen LogP contribution in [0.15, 0.2) is 6.20 Å². The molecule has 1 atom stereocenters. The summed E-state index contributed by atoms with van der Waals surface area (Å²) in [5.41, 5.74) is 0.896. The Kier molecular flexibility index (Phi) is 4.64. The van der Waals surface area contributed by atoms with Crippen LogP contribution < -0.4 is 0 Å². The molecule has 0 bridgehead atoms. The van der Waals surface area contributed by atoms with E-state index in [-0.39, 0.29) is 18.4 Å². The van der Waals surface area contributed by atoms with Crippen molar-refractivity contribution < 1.29 is 14.7 Å². The molecule has 1 N–H and O–H groups in total. The van der Waals surface area contributed by atoms with Gasteiger partial charge in [0.25, 0.3) is 5.91 Å². The Hall–Kier alpha value is -1.85. The van der Waals surface area contributed by atoms with E-state index in [4.69, 9.17) is 0 Å². The smallest absolute Gasteiger partial charge is 0.311 e. The fraction of sp³-hybridized carbons (Fsp3) is 0.737. The number of hydrogen-bond donors (Lipinski definition) is 1. The Balaban J connectivity index is 1.85. The fourth-order valence-corrected chi connectivity index (χ4v) is 3.91. The lowest BCUT2D eigenvalue weighted by atomic mass is 9.76. The van der Waals surface area contributed by atoms with Crippen LogP contribution in [0.25, 0.3) is 0 Å². The zero-order chi connectivity index (χ0) is 18.4. The second kappa shape index (κ2) is 6.46. The molecule has 25 heavy (non-hydrogen) atoms. The molecule has 0 spiro atoms. The normalized spacial score (nSPS) is 23.7. The molecule has 2 fully saturated rings. The van der Waals surface area contributed by atoms with Gasteiger partial charge in [-0.3, -0.25) is 14.3 Å². The van der Waals surface area contributed by atoms with Crippen molar-refractivity contribution in [2.24, 2.45) is 17.3 Å². The van der Waals surface area contributed by atoms with Crippen molar-refractivity contribution in [2.45, 2.75) is 59.4 Å². The summed E-state index contributed by atoms with van der Waals surface area (Å²) in [5.74, 6) is 0.0376. The average molecular weight is 347 g/mol. The van der Waals surface area contributed by atoms with E-state index >= 15 is 0 Å². The molecule has 1 unspecified atom stereocenters. The number of likely N-dealkylation sites (tertiary alicyclic amines) is 1. The molecular weight excluding hydrogens is 318 g/mol. The highest BCUT2D eigenvalue weighted by molar-refractivity contribution is 5.96. The van der Waals surface area contributed by atoms with Gasteiger partial charge in [-0.05, 0) is 31.1 Å². The Morgan fingerprint density at radius 1 is 1.32 bits per heavy atom. The van der Waals surface area contributed by atoms with Gasteiger partial charge < -0.3 is 10.0 Å². The summed E-state index contributed by atoms with van der Waals surface area (Å²) in [6, 6.07) is 0. The van der Waals surface area contributed by atoms with E-state index in [1.807, 2.05) is 18.5 Å². The van der Waals surface area contributed by atoms with E-state index in [1.54, 1.807) is 11.1 Å². The molecule has 1 saturated carbocycles. The Labute approximate surface area is 149 Å². The van der Waals surface area contributed by atoms with Crippen LogP contribution in [-0.4, -0.2) is 44.8 Å². The van der Waals surface area contributed by atoms with Gasteiger partial charge in [0, 0.05) is 25.6 Å². The quantitative estimate of drug-likeness (QED) is 0.858. The summed E-state index contributed by atoms with van der Waals surface area (Å²) in [6.45, 7) is 9.75. The second-order valence-corrected chi connectivity index (χ2v) is 8.39. The minimum atomic E-state index is -0.830. The first kappa shape index (κ1) is 18.0. The lowest BCUT2D eigenvalue weighted by molar-refractivity contribution is -0.150. The Bertz CT molecular complexity index is 675. The third-order valence-corrected chi connectivity index (χ3v) is 5.73. The van der Waals surface area contributed by atoms with Crippen molar-refractivity contribution >= 4 is 11.9 Å². The van der Waals surface area contributed by atoms with Crippen molar-refractivity contribution in [1.29, 1.82) is 0 Å². The van der Waals surface area contributed by atoms with Crippen molar-refractivity contribution in [3.63, 3.8) is 0 Å². The number of rotatable bonds is 6. The van der Waals surface area contributed by atoms with Gasteiger partial charge in [0.2, 0.25) is 0 Å². The minimum Gasteiger partial charge on any atom is -0.481 e. The summed E-state index contributed by atoms with van der Waals surface area (Å²) < 4.78 is 1.98. The number of carbonyl (C=O) groups is 2. The standard InChI is InChI=1S/C19H29N3O3/c1-12(2)10-22-16(14-5-6-14)15(9-20-22)17(23)21-8-7-19(11-21,13(3)4)18(24)25/h9,12-14H,5-8,10-11H2,1-4H3,(H,24,25). The van der Waals surface area contributed by atoms with Crippen molar-refractivity contribution in [3.8, 4) is 0 Å². The van der Waals surface area contributed by atoms with Crippen LogP contribution in [-0.2, 0) is 11.3 Å². The molecule has 1 aromatic rings. The van der Waals surface area contributed by atoms with Crippen molar-refractivity contribution in [2.75, 3.05) is 13.1 Å². The third kappa shape index (κ3) is 3.18. The number of nitrogens with zero attached hydrogens (tertiary/aromatic N) is 3. The minimum absolute atomic E-state index is 0.00522. The first-order valence-electron chi connectivity index (χ1n) is 9.34. The second-order valence-electron chi connectivity index (χ2n) is 8.39. The summed E-state index contributed by atoms with van der Waals surface area (Å²) in [6.07, 6.45) is 4.42. The number of carboxylic acid groups (broad SMARTS) is 1. The van der Waals surface area contributed by atoms with Crippen LogP contribution in [0, 0.1) is 17.3 Å². The van der Waals surface area contributed by atoms with E-state index < -0.39 is 11.4 Å². The topological polar surface area (TPSA) is 75.4 Å². The number of amides is 1. The lowest BCUT2D eigenvalue weighted by Gasteiger charge is -2.28. The van der Waals surface area contributed by atoms with Gasteiger partial charge in [-0.2, -0.15) is 5.10 Å². The van der Waals surface area contributed by atoms with E-state index in [2.05, 4.69) is 18.9 Å². The lowest BCUT2D eigenvalue weighted by Crippen LogP contribution is -2.40. The largest absolute Gasteiger partial charge is 0.481 e. The average Bonchev–Trinajstić information content (AvgIpc) is 3.11. The van der Waals surface area contributed by atoms with Gasteiger partial charge in [-0.1, -0.05) is 27.7 Å². The number of carboxylic acids is 1. The summed E-state index contributed by atoms with van der Waals surface area (Å²) >= 11 is 0. The van der Waals surface area contributed by atoms with E-state index in [9.17, 15) is 14.7 Å². The van der Waals surface area contributed by atoms with E-state index in [0.29, 0.717) is 30.4 Å².